The average Bonchev–Trinajstić information content (AvgIpc) is 3.27. The number of nitrogens with zero attached hydrogens (tertiary/aromatic N) is 5. The number of halogens is 5. The van der Waals surface area contributed by atoms with Gasteiger partial charge in [-0.15, -0.1) is 0 Å². The first kappa shape index (κ1) is 19.5. The molecule has 29 heavy (non-hydrogen) atoms. The van der Waals surface area contributed by atoms with Gasteiger partial charge in [-0.1, -0.05) is 23.2 Å². The molecule has 4 aromatic rings. The van der Waals surface area contributed by atoms with E-state index in [4.69, 9.17) is 27.6 Å². The molecule has 0 saturated heterocycles. The van der Waals surface area contributed by atoms with Crippen LogP contribution in [0, 0.1) is 0 Å². The highest BCUT2D eigenvalue weighted by Crippen LogP contribution is 2.37. The highest BCUT2D eigenvalue weighted by molar-refractivity contribution is 6.32. The standard InChI is InChI=1S/C17H11Cl2F3N6O/c1-8(15-24-7-25-28(15)14-3-2-9(18)6-23-14)26-16-27-12-4-10(17(20,21)22)11(19)5-13(12)29-16/h2-8H,1H3,(H,26,27). The highest BCUT2D eigenvalue weighted by atomic mass is 35.5. The Morgan fingerprint density at radius 3 is 2.66 bits per heavy atom. The molecule has 1 atom stereocenters. The summed E-state index contributed by atoms with van der Waals surface area (Å²) in [5, 5.41) is 7.11. The molecule has 1 unspecified atom stereocenters. The summed E-state index contributed by atoms with van der Waals surface area (Å²) < 4.78 is 46.0. The molecular weight excluding hydrogens is 432 g/mol. The monoisotopic (exact) mass is 442 g/mol. The van der Waals surface area contributed by atoms with E-state index in [0.29, 0.717) is 16.7 Å². The van der Waals surface area contributed by atoms with E-state index < -0.39 is 22.8 Å². The Labute approximate surface area is 171 Å². The van der Waals surface area contributed by atoms with Crippen LogP contribution >= 0.6 is 23.2 Å². The van der Waals surface area contributed by atoms with Crippen molar-refractivity contribution in [2.75, 3.05) is 5.32 Å². The van der Waals surface area contributed by atoms with Crippen LogP contribution in [-0.2, 0) is 6.18 Å². The van der Waals surface area contributed by atoms with Gasteiger partial charge in [-0.3, -0.25) is 0 Å². The molecule has 3 heterocycles. The number of pyridine rings is 1. The Morgan fingerprint density at radius 2 is 1.97 bits per heavy atom. The number of rotatable bonds is 4. The predicted octanol–water partition coefficient (Wildman–Crippen LogP) is 5.30. The first-order valence-corrected chi connectivity index (χ1v) is 8.93. The molecule has 3 aromatic heterocycles. The van der Waals surface area contributed by atoms with Crippen molar-refractivity contribution < 1.29 is 17.6 Å². The van der Waals surface area contributed by atoms with Crippen LogP contribution in [0.2, 0.25) is 10.0 Å². The van der Waals surface area contributed by atoms with E-state index in [1.54, 1.807) is 19.1 Å². The van der Waals surface area contributed by atoms with Crippen molar-refractivity contribution in [3.05, 3.63) is 58.2 Å². The summed E-state index contributed by atoms with van der Waals surface area (Å²) in [5.41, 5.74) is -0.830. The summed E-state index contributed by atoms with van der Waals surface area (Å²) in [7, 11) is 0. The number of aromatic nitrogens is 5. The molecule has 0 spiro atoms. The van der Waals surface area contributed by atoms with Gasteiger partial charge in [-0.05, 0) is 25.1 Å². The van der Waals surface area contributed by atoms with Gasteiger partial charge in [0, 0.05) is 12.3 Å². The molecule has 0 bridgehead atoms. The van der Waals surface area contributed by atoms with E-state index in [2.05, 4.69) is 25.4 Å². The van der Waals surface area contributed by atoms with Gasteiger partial charge in [0.1, 0.15) is 11.8 Å². The first-order chi connectivity index (χ1) is 13.7. The van der Waals surface area contributed by atoms with Crippen molar-refractivity contribution in [2.45, 2.75) is 19.1 Å². The molecule has 0 fully saturated rings. The largest absolute Gasteiger partial charge is 0.423 e. The number of anilines is 1. The van der Waals surface area contributed by atoms with Gasteiger partial charge in [0.2, 0.25) is 0 Å². The van der Waals surface area contributed by atoms with Crippen molar-refractivity contribution in [3.63, 3.8) is 0 Å². The maximum absolute atomic E-state index is 13.0. The SMILES string of the molecule is CC(Nc1nc2cc(C(F)(F)F)c(Cl)cc2o1)c1ncnn1-c1ccc(Cl)cn1. The molecular formula is C17H11Cl2F3N6O. The molecule has 1 N–H and O–H groups in total. The van der Waals surface area contributed by atoms with Crippen molar-refractivity contribution in [3.8, 4) is 5.82 Å². The van der Waals surface area contributed by atoms with Crippen LogP contribution in [0.4, 0.5) is 19.2 Å². The van der Waals surface area contributed by atoms with Crippen LogP contribution in [0.3, 0.4) is 0 Å². The Balaban J connectivity index is 1.62. The van der Waals surface area contributed by atoms with Crippen LogP contribution < -0.4 is 5.32 Å². The smallest absolute Gasteiger partial charge is 0.417 e. The molecule has 0 aliphatic carbocycles. The average molecular weight is 443 g/mol. The lowest BCUT2D eigenvalue weighted by atomic mass is 10.2. The second-order valence-corrected chi connectivity index (χ2v) is 6.89. The zero-order valence-corrected chi connectivity index (χ0v) is 16.1. The Bertz CT molecular complexity index is 1170. The Kier molecular flexibility index (Phi) is 4.83. The Hall–Kier alpha value is -2.85. The summed E-state index contributed by atoms with van der Waals surface area (Å²) >= 11 is 11.6. The number of benzene rings is 1. The molecule has 12 heteroatoms. The third-order valence-corrected chi connectivity index (χ3v) is 4.55. The van der Waals surface area contributed by atoms with Crippen LogP contribution in [0.25, 0.3) is 16.9 Å². The van der Waals surface area contributed by atoms with Gasteiger partial charge in [0.05, 0.1) is 21.7 Å². The van der Waals surface area contributed by atoms with Gasteiger partial charge in [0.25, 0.3) is 6.01 Å². The fourth-order valence-electron chi connectivity index (χ4n) is 2.69. The molecule has 0 saturated carbocycles. The summed E-state index contributed by atoms with van der Waals surface area (Å²) in [6.45, 7) is 1.76. The molecule has 0 aliphatic heterocycles. The molecule has 1 aromatic carbocycles. The Morgan fingerprint density at radius 1 is 1.17 bits per heavy atom. The zero-order valence-electron chi connectivity index (χ0n) is 14.6. The normalized spacial score (nSPS) is 13.0. The van der Waals surface area contributed by atoms with Gasteiger partial charge in [0.15, 0.2) is 17.2 Å². The van der Waals surface area contributed by atoms with Crippen LogP contribution in [0.15, 0.2) is 41.2 Å². The first-order valence-electron chi connectivity index (χ1n) is 8.18. The topological polar surface area (TPSA) is 81.7 Å². The molecule has 150 valence electrons. The number of nitrogens with one attached hydrogen (secondary N) is 1. The number of hydrogen-bond donors (Lipinski definition) is 1. The number of oxazole rings is 1. The molecule has 0 aliphatic rings. The van der Waals surface area contributed by atoms with Crippen LogP contribution in [-0.4, -0.2) is 24.7 Å². The van der Waals surface area contributed by atoms with Crippen LogP contribution in [0.1, 0.15) is 24.4 Å². The van der Waals surface area contributed by atoms with Crippen LogP contribution in [0.5, 0.6) is 0 Å². The van der Waals surface area contributed by atoms with E-state index in [1.165, 1.54) is 17.2 Å². The van der Waals surface area contributed by atoms with Crippen molar-refractivity contribution in [2.24, 2.45) is 0 Å². The summed E-state index contributed by atoms with van der Waals surface area (Å²) in [6, 6.07) is 4.82. The van der Waals surface area contributed by atoms with E-state index in [9.17, 15) is 13.2 Å². The lowest BCUT2D eigenvalue weighted by Gasteiger charge is -2.12. The fourth-order valence-corrected chi connectivity index (χ4v) is 3.07. The van der Waals surface area contributed by atoms with E-state index in [-0.39, 0.29) is 17.1 Å². The molecule has 7 nitrogen and oxygen atoms in total. The minimum absolute atomic E-state index is 0.0153. The van der Waals surface area contributed by atoms with E-state index >= 15 is 0 Å². The lowest BCUT2D eigenvalue weighted by Crippen LogP contribution is -2.14. The fraction of sp³-hybridized carbons (Fsp3) is 0.176. The number of hydrogen-bond acceptors (Lipinski definition) is 6. The minimum atomic E-state index is -4.59. The second kappa shape index (κ2) is 7.20. The quantitative estimate of drug-likeness (QED) is 0.461. The second-order valence-electron chi connectivity index (χ2n) is 6.05. The summed E-state index contributed by atoms with van der Waals surface area (Å²) in [6.07, 6.45) is -1.76. The predicted molar refractivity (Wildman–Crippen MR) is 100 cm³/mol. The third kappa shape index (κ3) is 3.85. The van der Waals surface area contributed by atoms with Gasteiger partial charge >= 0.3 is 6.18 Å². The number of alkyl halides is 3. The summed E-state index contributed by atoms with van der Waals surface area (Å²) in [5.74, 6) is 0.978. The van der Waals surface area contributed by atoms with Crippen molar-refractivity contribution >= 4 is 40.3 Å². The van der Waals surface area contributed by atoms with E-state index in [1.807, 2.05) is 0 Å². The molecule has 0 radical (unpaired) electrons. The van der Waals surface area contributed by atoms with E-state index in [0.717, 1.165) is 12.1 Å². The maximum atomic E-state index is 13.0. The lowest BCUT2D eigenvalue weighted by molar-refractivity contribution is -0.137. The maximum Gasteiger partial charge on any atom is 0.417 e. The summed E-state index contributed by atoms with van der Waals surface area (Å²) in [4.78, 5) is 12.5. The number of fused-ring (bicyclic) bond motifs is 1. The molecule has 0 amide bonds. The molecule has 4 rings (SSSR count). The van der Waals surface area contributed by atoms with Crippen molar-refractivity contribution in [1.29, 1.82) is 0 Å². The minimum Gasteiger partial charge on any atom is -0.423 e. The van der Waals surface area contributed by atoms with Gasteiger partial charge in [-0.25, -0.2) is 9.97 Å². The van der Waals surface area contributed by atoms with Crippen molar-refractivity contribution in [1.82, 2.24) is 24.7 Å². The van der Waals surface area contributed by atoms with Gasteiger partial charge in [-0.2, -0.15) is 27.9 Å². The highest BCUT2D eigenvalue weighted by Gasteiger charge is 2.34. The van der Waals surface area contributed by atoms with Gasteiger partial charge < -0.3 is 9.73 Å². The zero-order chi connectivity index (χ0) is 20.8. The third-order valence-electron chi connectivity index (χ3n) is 4.01.